The van der Waals surface area contributed by atoms with E-state index in [4.69, 9.17) is 4.74 Å². The van der Waals surface area contributed by atoms with Crippen molar-refractivity contribution in [1.82, 2.24) is 10.2 Å². The normalized spacial score (nSPS) is 43.3. The molecule has 0 aromatic carbocycles. The van der Waals surface area contributed by atoms with Crippen LogP contribution in [0.1, 0.15) is 25.7 Å². The molecule has 14 heavy (non-hydrogen) atoms. The van der Waals surface area contributed by atoms with Crippen LogP contribution in [0.15, 0.2) is 0 Å². The van der Waals surface area contributed by atoms with Gasteiger partial charge in [-0.25, -0.2) is 0 Å². The van der Waals surface area contributed by atoms with Gasteiger partial charge in [-0.3, -0.25) is 4.90 Å². The van der Waals surface area contributed by atoms with Gasteiger partial charge < -0.3 is 10.1 Å². The van der Waals surface area contributed by atoms with Gasteiger partial charge in [0.1, 0.15) is 0 Å². The molecular formula is C11H20N2O. The zero-order chi connectivity index (χ0) is 9.38. The molecule has 0 aromatic rings. The number of nitrogens with one attached hydrogen (secondary N) is 1. The Bertz CT molecular complexity index is 187. The summed E-state index contributed by atoms with van der Waals surface area (Å²) in [7, 11) is 0. The van der Waals surface area contributed by atoms with E-state index in [-0.39, 0.29) is 0 Å². The summed E-state index contributed by atoms with van der Waals surface area (Å²) in [4.78, 5) is 2.70. The summed E-state index contributed by atoms with van der Waals surface area (Å²) in [6.45, 7) is 4.44. The molecule has 80 valence electrons. The molecule has 0 aliphatic carbocycles. The Morgan fingerprint density at radius 3 is 2.57 bits per heavy atom. The summed E-state index contributed by atoms with van der Waals surface area (Å²) in [5, 5.41) is 3.59. The number of ether oxygens (including phenoxy) is 1. The largest absolute Gasteiger partial charge is 0.378 e. The van der Waals surface area contributed by atoms with Crippen LogP contribution in [0.3, 0.4) is 0 Å². The maximum Gasteiger partial charge on any atom is 0.0622 e. The second-order valence-electron chi connectivity index (χ2n) is 4.91. The van der Waals surface area contributed by atoms with Crippen LogP contribution in [0.2, 0.25) is 0 Å². The smallest absolute Gasteiger partial charge is 0.0622 e. The van der Waals surface area contributed by atoms with E-state index in [1.165, 1.54) is 38.8 Å². The van der Waals surface area contributed by atoms with E-state index < -0.39 is 0 Å². The van der Waals surface area contributed by atoms with Crippen molar-refractivity contribution in [2.75, 3.05) is 26.3 Å². The third-order valence-corrected chi connectivity index (χ3v) is 3.99. The molecule has 3 saturated heterocycles. The molecule has 2 bridgehead atoms. The molecule has 0 aromatic heterocycles. The maximum absolute atomic E-state index is 5.59. The third-order valence-electron chi connectivity index (χ3n) is 3.99. The van der Waals surface area contributed by atoms with Crippen LogP contribution < -0.4 is 5.32 Å². The number of nitrogens with zero attached hydrogens (tertiary/aromatic N) is 1. The highest BCUT2D eigenvalue weighted by atomic mass is 16.5. The standard InChI is InChI=1S/C11H20N2O/c1-2-9(12-5-1)6-13-10-3-4-11(13)8-14-7-10/h9-12H,1-8H2/t9-,10?,11?/m1/s1. The second-order valence-corrected chi connectivity index (χ2v) is 4.91. The molecule has 3 heteroatoms. The predicted octanol–water partition coefficient (Wildman–Crippen LogP) is 0.602. The first-order valence-electron chi connectivity index (χ1n) is 6.00. The lowest BCUT2D eigenvalue weighted by Gasteiger charge is -2.36. The minimum absolute atomic E-state index is 0.733. The zero-order valence-corrected chi connectivity index (χ0v) is 8.74. The number of fused-ring (bicyclic) bond motifs is 2. The van der Waals surface area contributed by atoms with Gasteiger partial charge >= 0.3 is 0 Å². The van der Waals surface area contributed by atoms with Crippen LogP contribution in [-0.4, -0.2) is 49.3 Å². The van der Waals surface area contributed by atoms with E-state index in [0.29, 0.717) is 0 Å². The van der Waals surface area contributed by atoms with Crippen LogP contribution in [-0.2, 0) is 4.74 Å². The van der Waals surface area contributed by atoms with Gasteiger partial charge in [0.2, 0.25) is 0 Å². The highest BCUT2D eigenvalue weighted by Gasteiger charge is 2.38. The topological polar surface area (TPSA) is 24.5 Å². The first-order chi connectivity index (χ1) is 6.93. The Morgan fingerprint density at radius 1 is 1.14 bits per heavy atom. The first kappa shape index (κ1) is 9.13. The lowest BCUT2D eigenvalue weighted by molar-refractivity contribution is -0.0176. The van der Waals surface area contributed by atoms with E-state index in [2.05, 4.69) is 10.2 Å². The van der Waals surface area contributed by atoms with Crippen molar-refractivity contribution in [2.45, 2.75) is 43.8 Å². The average molecular weight is 196 g/mol. The molecule has 0 amide bonds. The van der Waals surface area contributed by atoms with E-state index in [0.717, 1.165) is 31.3 Å². The SMILES string of the molecule is C1CN[C@@H](CN2C3CCC2COC3)C1. The molecule has 0 spiro atoms. The molecule has 3 aliphatic rings. The summed E-state index contributed by atoms with van der Waals surface area (Å²) >= 11 is 0. The Balaban J connectivity index is 1.61. The summed E-state index contributed by atoms with van der Waals surface area (Å²) < 4.78 is 5.59. The van der Waals surface area contributed by atoms with Gasteiger partial charge in [-0.2, -0.15) is 0 Å². The number of morpholine rings is 1. The predicted molar refractivity (Wildman–Crippen MR) is 55.4 cm³/mol. The van der Waals surface area contributed by atoms with Gasteiger partial charge in [-0.05, 0) is 32.2 Å². The lowest BCUT2D eigenvalue weighted by atomic mass is 10.1. The van der Waals surface area contributed by atoms with Crippen LogP contribution in [0.25, 0.3) is 0 Å². The van der Waals surface area contributed by atoms with Gasteiger partial charge in [0, 0.05) is 24.7 Å². The van der Waals surface area contributed by atoms with Gasteiger partial charge in [-0.15, -0.1) is 0 Å². The molecule has 3 nitrogen and oxygen atoms in total. The minimum atomic E-state index is 0.733. The van der Waals surface area contributed by atoms with Gasteiger partial charge in [0.25, 0.3) is 0 Å². The van der Waals surface area contributed by atoms with Crippen molar-refractivity contribution in [3.05, 3.63) is 0 Å². The highest BCUT2D eigenvalue weighted by Crippen LogP contribution is 2.29. The molecule has 3 aliphatic heterocycles. The van der Waals surface area contributed by atoms with Crippen molar-refractivity contribution in [3.63, 3.8) is 0 Å². The average Bonchev–Trinajstić information content (AvgIpc) is 2.75. The van der Waals surface area contributed by atoms with Gasteiger partial charge in [0.15, 0.2) is 0 Å². The number of hydrogen-bond acceptors (Lipinski definition) is 3. The fourth-order valence-corrected chi connectivity index (χ4v) is 3.18. The molecule has 3 fully saturated rings. The van der Waals surface area contributed by atoms with E-state index in [1.807, 2.05) is 0 Å². The Kier molecular flexibility index (Phi) is 2.48. The second kappa shape index (κ2) is 3.80. The molecule has 2 unspecified atom stereocenters. The molecule has 3 heterocycles. The molecular weight excluding hydrogens is 176 g/mol. The van der Waals surface area contributed by atoms with Crippen molar-refractivity contribution in [2.24, 2.45) is 0 Å². The highest BCUT2D eigenvalue weighted by molar-refractivity contribution is 4.93. The summed E-state index contributed by atoms with van der Waals surface area (Å²) in [6, 6.07) is 2.23. The van der Waals surface area contributed by atoms with E-state index >= 15 is 0 Å². The van der Waals surface area contributed by atoms with Crippen molar-refractivity contribution in [1.29, 1.82) is 0 Å². The number of hydrogen-bond donors (Lipinski definition) is 1. The number of rotatable bonds is 2. The van der Waals surface area contributed by atoms with Crippen LogP contribution >= 0.6 is 0 Å². The Hall–Kier alpha value is -0.120. The fraction of sp³-hybridized carbons (Fsp3) is 1.00. The van der Waals surface area contributed by atoms with Crippen molar-refractivity contribution >= 4 is 0 Å². The van der Waals surface area contributed by atoms with E-state index in [9.17, 15) is 0 Å². The maximum atomic E-state index is 5.59. The lowest BCUT2D eigenvalue weighted by Crippen LogP contribution is -2.50. The van der Waals surface area contributed by atoms with Crippen molar-refractivity contribution in [3.8, 4) is 0 Å². The quantitative estimate of drug-likeness (QED) is 0.700. The molecule has 0 radical (unpaired) electrons. The minimum Gasteiger partial charge on any atom is -0.378 e. The van der Waals surface area contributed by atoms with E-state index in [1.54, 1.807) is 0 Å². The summed E-state index contributed by atoms with van der Waals surface area (Å²) in [5.74, 6) is 0. The van der Waals surface area contributed by atoms with Crippen molar-refractivity contribution < 1.29 is 4.74 Å². The van der Waals surface area contributed by atoms with Gasteiger partial charge in [0.05, 0.1) is 13.2 Å². The third kappa shape index (κ3) is 1.58. The fourth-order valence-electron chi connectivity index (χ4n) is 3.18. The monoisotopic (exact) mass is 196 g/mol. The summed E-state index contributed by atoms with van der Waals surface area (Å²) in [6.07, 6.45) is 5.45. The molecule has 1 N–H and O–H groups in total. The molecule has 3 atom stereocenters. The van der Waals surface area contributed by atoms with Crippen LogP contribution in [0.4, 0.5) is 0 Å². The van der Waals surface area contributed by atoms with Crippen LogP contribution in [0, 0.1) is 0 Å². The van der Waals surface area contributed by atoms with Crippen LogP contribution in [0.5, 0.6) is 0 Å². The molecule has 0 saturated carbocycles. The Labute approximate surface area is 85.8 Å². The summed E-state index contributed by atoms with van der Waals surface area (Å²) in [5.41, 5.74) is 0. The Morgan fingerprint density at radius 2 is 1.93 bits per heavy atom. The first-order valence-corrected chi connectivity index (χ1v) is 6.00. The zero-order valence-electron chi connectivity index (χ0n) is 8.74. The van der Waals surface area contributed by atoms with Gasteiger partial charge in [-0.1, -0.05) is 0 Å². The molecule has 3 rings (SSSR count).